The van der Waals surface area contributed by atoms with Crippen molar-refractivity contribution in [2.24, 2.45) is 11.8 Å². The summed E-state index contributed by atoms with van der Waals surface area (Å²) in [5, 5.41) is 0. The van der Waals surface area contributed by atoms with E-state index in [-0.39, 0.29) is 0 Å². The molecule has 0 atom stereocenters. The van der Waals surface area contributed by atoms with Gasteiger partial charge in [-0.15, -0.1) is 0 Å². The molecule has 0 N–H and O–H groups in total. The second kappa shape index (κ2) is 13.6. The highest BCUT2D eigenvalue weighted by Crippen LogP contribution is 2.34. The molecule has 2 nitrogen and oxygen atoms in total. The molecule has 1 aliphatic carbocycles. The molecule has 0 aliphatic heterocycles. The minimum Gasteiger partial charge on any atom is -0.492 e. The van der Waals surface area contributed by atoms with Gasteiger partial charge in [0.15, 0.2) is 0 Å². The zero-order chi connectivity index (χ0) is 21.7. The predicted molar refractivity (Wildman–Crippen MR) is 133 cm³/mol. The Hall–Kier alpha value is -1.83. The van der Waals surface area contributed by atoms with Crippen molar-refractivity contribution in [1.29, 1.82) is 0 Å². The van der Waals surface area contributed by atoms with Crippen molar-refractivity contribution in [2.75, 3.05) is 6.61 Å². The van der Waals surface area contributed by atoms with Gasteiger partial charge in [-0.1, -0.05) is 102 Å². The first kappa shape index (κ1) is 23.8. The van der Waals surface area contributed by atoms with E-state index < -0.39 is 0 Å². The quantitative estimate of drug-likeness (QED) is 0.302. The Morgan fingerprint density at radius 1 is 0.774 bits per heavy atom. The molecule has 0 radical (unpaired) electrons. The van der Waals surface area contributed by atoms with Crippen molar-refractivity contribution in [3.05, 3.63) is 48.2 Å². The molecule has 1 aliphatic rings. The fraction of sp³-hybridized carbons (Fsp3) is 0.621. The van der Waals surface area contributed by atoms with Crippen LogP contribution in [0.4, 0.5) is 0 Å². The molecule has 0 unspecified atom stereocenters. The van der Waals surface area contributed by atoms with Crippen LogP contribution in [0, 0.1) is 11.8 Å². The highest BCUT2D eigenvalue weighted by atomic mass is 16.5. The van der Waals surface area contributed by atoms with Crippen LogP contribution >= 0.6 is 0 Å². The lowest BCUT2D eigenvalue weighted by Gasteiger charge is -2.28. The molecule has 1 heterocycles. The summed E-state index contributed by atoms with van der Waals surface area (Å²) in [6.45, 7) is 5.16. The zero-order valence-corrected chi connectivity index (χ0v) is 20.0. The number of aryl methyl sites for hydroxylation is 1. The molecule has 1 fully saturated rings. The van der Waals surface area contributed by atoms with E-state index in [0.29, 0.717) is 0 Å². The van der Waals surface area contributed by atoms with Crippen LogP contribution in [0.1, 0.15) is 96.5 Å². The Bertz CT molecular complexity index is 713. The van der Waals surface area contributed by atoms with E-state index in [9.17, 15) is 0 Å². The summed E-state index contributed by atoms with van der Waals surface area (Å²) in [5.74, 6) is 2.81. The van der Waals surface area contributed by atoms with Gasteiger partial charge in [0.05, 0.1) is 18.5 Å². The van der Waals surface area contributed by atoms with E-state index in [1.165, 1.54) is 88.2 Å². The summed E-state index contributed by atoms with van der Waals surface area (Å²) in [5.41, 5.74) is 3.67. The Morgan fingerprint density at radius 3 is 2.13 bits per heavy atom. The molecule has 3 rings (SSSR count). The number of unbranched alkanes of at least 4 members (excludes halogenated alkanes) is 4. The first-order valence-electron chi connectivity index (χ1n) is 13.0. The van der Waals surface area contributed by atoms with Crippen LogP contribution in [0.5, 0.6) is 5.75 Å². The lowest BCUT2D eigenvalue weighted by molar-refractivity contribution is 0.248. The minimum atomic E-state index is 0.746. The third-order valence-electron chi connectivity index (χ3n) is 6.98. The molecule has 1 aromatic carbocycles. The molecular formula is C29H43NO. The number of ether oxygens (including phenoxy) is 1. The van der Waals surface area contributed by atoms with E-state index in [0.717, 1.165) is 36.3 Å². The summed E-state index contributed by atoms with van der Waals surface area (Å²) in [6, 6.07) is 13.1. The number of hydrogen-bond donors (Lipinski definition) is 0. The monoisotopic (exact) mass is 421 g/mol. The average molecular weight is 422 g/mol. The lowest BCUT2D eigenvalue weighted by atomic mass is 9.77. The molecule has 1 aromatic heterocycles. The number of hydrogen-bond acceptors (Lipinski definition) is 2. The summed E-state index contributed by atoms with van der Waals surface area (Å²) in [6.07, 6.45) is 19.9. The number of benzene rings is 1. The van der Waals surface area contributed by atoms with Gasteiger partial charge < -0.3 is 4.74 Å². The SMILES string of the molecule is CCCCCCC[C@H]1CC[C@H](CCc2ccc(-c3ccc(OCCC)cn3)cc2)CC1. The van der Waals surface area contributed by atoms with Crippen molar-refractivity contribution in [1.82, 2.24) is 4.98 Å². The van der Waals surface area contributed by atoms with Gasteiger partial charge in [0.2, 0.25) is 0 Å². The highest BCUT2D eigenvalue weighted by Gasteiger charge is 2.20. The third-order valence-corrected chi connectivity index (χ3v) is 6.98. The number of nitrogens with zero attached hydrogens (tertiary/aromatic N) is 1. The van der Waals surface area contributed by atoms with E-state index >= 15 is 0 Å². The van der Waals surface area contributed by atoms with Crippen LogP contribution in [-0.4, -0.2) is 11.6 Å². The van der Waals surface area contributed by atoms with E-state index in [4.69, 9.17) is 4.74 Å². The van der Waals surface area contributed by atoms with Crippen molar-refractivity contribution in [3.8, 4) is 17.0 Å². The second-order valence-electron chi connectivity index (χ2n) is 9.55. The highest BCUT2D eigenvalue weighted by molar-refractivity contribution is 5.59. The largest absolute Gasteiger partial charge is 0.492 e. The zero-order valence-electron chi connectivity index (χ0n) is 20.0. The van der Waals surface area contributed by atoms with Gasteiger partial charge in [-0.3, -0.25) is 4.98 Å². The molecule has 2 aromatic rings. The molecule has 170 valence electrons. The van der Waals surface area contributed by atoms with Crippen molar-refractivity contribution >= 4 is 0 Å². The Morgan fingerprint density at radius 2 is 1.48 bits per heavy atom. The molecule has 31 heavy (non-hydrogen) atoms. The molecule has 0 saturated heterocycles. The second-order valence-corrected chi connectivity index (χ2v) is 9.55. The van der Waals surface area contributed by atoms with E-state index in [1.54, 1.807) is 0 Å². The Balaban J connectivity index is 1.36. The molecular weight excluding hydrogens is 378 g/mol. The Labute approximate surface area is 190 Å². The predicted octanol–water partition coefficient (Wildman–Crippen LogP) is 8.64. The topological polar surface area (TPSA) is 22.1 Å². The van der Waals surface area contributed by atoms with Crippen LogP contribution in [0.15, 0.2) is 42.6 Å². The molecule has 2 heteroatoms. The minimum absolute atomic E-state index is 0.746. The lowest BCUT2D eigenvalue weighted by Crippen LogP contribution is -2.15. The van der Waals surface area contributed by atoms with Crippen molar-refractivity contribution in [3.63, 3.8) is 0 Å². The van der Waals surface area contributed by atoms with Crippen molar-refractivity contribution < 1.29 is 4.74 Å². The van der Waals surface area contributed by atoms with Gasteiger partial charge >= 0.3 is 0 Å². The molecule has 1 saturated carbocycles. The summed E-state index contributed by atoms with van der Waals surface area (Å²) in [7, 11) is 0. The smallest absolute Gasteiger partial charge is 0.137 e. The van der Waals surface area contributed by atoms with Gasteiger partial charge in [0, 0.05) is 5.56 Å². The summed E-state index contributed by atoms with van der Waals surface area (Å²) < 4.78 is 5.63. The van der Waals surface area contributed by atoms with Crippen LogP contribution in [0.3, 0.4) is 0 Å². The molecule has 0 bridgehead atoms. The van der Waals surface area contributed by atoms with E-state index in [1.807, 2.05) is 12.3 Å². The standard InChI is InChI=1S/C29H43NO/c1-3-5-6-7-8-9-24-10-12-25(13-11-24)14-15-26-16-18-27(19-17-26)29-21-20-28(23-30-29)31-22-4-2/h16-21,23-25H,3-15,22H2,1-2H3/t24-,25-. The molecule has 0 amide bonds. The maximum Gasteiger partial charge on any atom is 0.137 e. The fourth-order valence-electron chi connectivity index (χ4n) is 4.91. The van der Waals surface area contributed by atoms with Gasteiger partial charge in [-0.2, -0.15) is 0 Å². The van der Waals surface area contributed by atoms with Gasteiger partial charge in [-0.05, 0) is 48.8 Å². The maximum atomic E-state index is 5.63. The third kappa shape index (κ3) is 8.31. The fourth-order valence-corrected chi connectivity index (χ4v) is 4.91. The van der Waals surface area contributed by atoms with E-state index in [2.05, 4.69) is 49.2 Å². The van der Waals surface area contributed by atoms with Crippen molar-refractivity contribution in [2.45, 2.75) is 97.3 Å². The van der Waals surface area contributed by atoms with Crippen LogP contribution < -0.4 is 4.74 Å². The van der Waals surface area contributed by atoms with Gasteiger partial charge in [0.1, 0.15) is 5.75 Å². The first-order chi connectivity index (χ1) is 15.3. The number of rotatable bonds is 13. The van der Waals surface area contributed by atoms with Crippen LogP contribution in [0.25, 0.3) is 11.3 Å². The summed E-state index contributed by atoms with van der Waals surface area (Å²) >= 11 is 0. The number of pyridine rings is 1. The first-order valence-corrected chi connectivity index (χ1v) is 13.0. The van der Waals surface area contributed by atoms with Gasteiger partial charge in [-0.25, -0.2) is 0 Å². The van der Waals surface area contributed by atoms with Crippen LogP contribution in [0.2, 0.25) is 0 Å². The maximum absolute atomic E-state index is 5.63. The van der Waals surface area contributed by atoms with Crippen LogP contribution in [-0.2, 0) is 6.42 Å². The summed E-state index contributed by atoms with van der Waals surface area (Å²) in [4.78, 5) is 4.57. The molecule has 0 spiro atoms. The van der Waals surface area contributed by atoms with Gasteiger partial charge in [0.25, 0.3) is 0 Å². The Kier molecular flexibility index (Phi) is 10.4. The number of aromatic nitrogens is 1. The normalized spacial score (nSPS) is 18.8. The average Bonchev–Trinajstić information content (AvgIpc) is 2.83.